The van der Waals surface area contributed by atoms with Crippen LogP contribution in [0, 0.1) is 0 Å². The molecular formula is C10H10N6O2S. The number of aromatic nitrogens is 6. The van der Waals surface area contributed by atoms with Crippen molar-refractivity contribution in [2.75, 3.05) is 0 Å². The predicted molar refractivity (Wildman–Crippen MR) is 65.1 cm³/mol. The smallest absolute Gasteiger partial charge is 0.240 e. The zero-order chi connectivity index (χ0) is 13.2. The molecule has 0 aromatic carbocycles. The number of tetrazole rings is 1. The Morgan fingerprint density at radius 1 is 1.42 bits per heavy atom. The topological polar surface area (TPSA) is 95.7 Å². The van der Waals surface area contributed by atoms with Crippen molar-refractivity contribution in [2.45, 2.75) is 17.3 Å². The second-order valence-corrected chi connectivity index (χ2v) is 5.09. The van der Waals surface area contributed by atoms with Gasteiger partial charge in [-0.2, -0.15) is 4.98 Å². The molecular weight excluding hydrogens is 268 g/mol. The van der Waals surface area contributed by atoms with Crippen LogP contribution in [0.25, 0.3) is 11.6 Å². The van der Waals surface area contributed by atoms with E-state index in [9.17, 15) is 0 Å². The predicted octanol–water partition coefficient (Wildman–Crippen LogP) is 1.71. The maximum atomic E-state index is 5.22. The van der Waals surface area contributed by atoms with E-state index in [2.05, 4.69) is 25.7 Å². The Kier molecular flexibility index (Phi) is 3.03. The van der Waals surface area contributed by atoms with Gasteiger partial charge in [0.25, 0.3) is 0 Å². The normalized spacial score (nSPS) is 12.7. The van der Waals surface area contributed by atoms with Gasteiger partial charge in [0.05, 0.1) is 11.5 Å². The number of hydrogen-bond donors (Lipinski definition) is 0. The Morgan fingerprint density at radius 3 is 3.00 bits per heavy atom. The van der Waals surface area contributed by atoms with Crippen LogP contribution in [0.3, 0.4) is 0 Å². The molecule has 8 nitrogen and oxygen atoms in total. The highest BCUT2D eigenvalue weighted by atomic mass is 32.2. The van der Waals surface area contributed by atoms with Gasteiger partial charge in [-0.25, -0.2) is 4.68 Å². The second kappa shape index (κ2) is 4.84. The highest BCUT2D eigenvalue weighted by Crippen LogP contribution is 2.32. The lowest BCUT2D eigenvalue weighted by atomic mass is 10.4. The van der Waals surface area contributed by atoms with Crippen LogP contribution in [-0.4, -0.2) is 30.3 Å². The van der Waals surface area contributed by atoms with Crippen molar-refractivity contribution >= 4 is 11.8 Å². The Bertz CT molecular complexity index is 661. The van der Waals surface area contributed by atoms with E-state index in [-0.39, 0.29) is 5.25 Å². The summed E-state index contributed by atoms with van der Waals surface area (Å²) < 4.78 is 12.0. The Balaban J connectivity index is 1.77. The van der Waals surface area contributed by atoms with Crippen molar-refractivity contribution < 1.29 is 8.94 Å². The average molecular weight is 278 g/mol. The zero-order valence-corrected chi connectivity index (χ0v) is 11.0. The van der Waals surface area contributed by atoms with E-state index in [4.69, 9.17) is 8.94 Å². The third-order valence-electron chi connectivity index (χ3n) is 2.39. The minimum atomic E-state index is -0.0547. The monoisotopic (exact) mass is 278 g/mol. The SMILES string of the molecule is CC(Sc1nnnn1C)c1nc(-c2ccco2)no1. The van der Waals surface area contributed by atoms with E-state index in [1.54, 1.807) is 30.1 Å². The van der Waals surface area contributed by atoms with Gasteiger partial charge in [-0.3, -0.25) is 0 Å². The summed E-state index contributed by atoms with van der Waals surface area (Å²) in [4.78, 5) is 4.29. The number of rotatable bonds is 4. The highest BCUT2D eigenvalue weighted by molar-refractivity contribution is 7.99. The number of thioether (sulfide) groups is 1. The van der Waals surface area contributed by atoms with E-state index in [0.717, 1.165) is 0 Å². The van der Waals surface area contributed by atoms with Crippen LogP contribution in [0.15, 0.2) is 32.5 Å². The summed E-state index contributed by atoms with van der Waals surface area (Å²) >= 11 is 1.44. The van der Waals surface area contributed by atoms with E-state index in [1.165, 1.54) is 11.8 Å². The molecule has 0 amide bonds. The molecule has 0 radical (unpaired) electrons. The molecule has 3 heterocycles. The number of aryl methyl sites for hydroxylation is 1. The summed E-state index contributed by atoms with van der Waals surface area (Å²) in [6.45, 7) is 1.94. The molecule has 0 N–H and O–H groups in total. The van der Waals surface area contributed by atoms with Gasteiger partial charge in [0.2, 0.25) is 16.9 Å². The Morgan fingerprint density at radius 2 is 2.32 bits per heavy atom. The molecule has 3 aromatic rings. The lowest BCUT2D eigenvalue weighted by Gasteiger charge is -2.03. The van der Waals surface area contributed by atoms with Gasteiger partial charge in [-0.1, -0.05) is 16.9 Å². The van der Waals surface area contributed by atoms with Gasteiger partial charge < -0.3 is 8.94 Å². The molecule has 1 atom stereocenters. The van der Waals surface area contributed by atoms with Crippen LogP contribution in [0.4, 0.5) is 0 Å². The average Bonchev–Trinajstić information content (AvgIpc) is 3.09. The molecule has 0 fully saturated rings. The lowest BCUT2D eigenvalue weighted by Crippen LogP contribution is -1.96. The maximum Gasteiger partial charge on any atom is 0.240 e. The maximum absolute atomic E-state index is 5.22. The summed E-state index contributed by atoms with van der Waals surface area (Å²) in [5, 5.41) is 15.7. The molecule has 0 spiro atoms. The molecule has 0 aliphatic carbocycles. The fraction of sp³-hybridized carbons (Fsp3) is 0.300. The van der Waals surface area contributed by atoms with E-state index in [0.29, 0.717) is 22.6 Å². The number of furan rings is 1. The van der Waals surface area contributed by atoms with Crippen molar-refractivity contribution in [2.24, 2.45) is 7.05 Å². The first-order valence-electron chi connectivity index (χ1n) is 5.50. The Hall–Kier alpha value is -2.16. The van der Waals surface area contributed by atoms with Crippen molar-refractivity contribution in [1.29, 1.82) is 0 Å². The summed E-state index contributed by atoms with van der Waals surface area (Å²) in [5.74, 6) is 1.51. The third-order valence-corrected chi connectivity index (χ3v) is 3.51. The van der Waals surface area contributed by atoms with Crippen LogP contribution < -0.4 is 0 Å². The third kappa shape index (κ3) is 2.36. The first-order chi connectivity index (χ1) is 9.24. The lowest BCUT2D eigenvalue weighted by molar-refractivity contribution is 0.379. The fourth-order valence-corrected chi connectivity index (χ4v) is 2.22. The van der Waals surface area contributed by atoms with Crippen molar-refractivity contribution in [1.82, 2.24) is 30.3 Å². The molecule has 19 heavy (non-hydrogen) atoms. The van der Waals surface area contributed by atoms with Gasteiger partial charge in [0.15, 0.2) is 5.76 Å². The minimum Gasteiger partial charge on any atom is -0.461 e. The van der Waals surface area contributed by atoms with Gasteiger partial charge in [0.1, 0.15) is 0 Å². The standard InChI is InChI=1S/C10H10N6O2S/c1-6(19-10-12-14-15-16(10)2)9-11-8(13-18-9)7-4-3-5-17-7/h3-6H,1-2H3. The minimum absolute atomic E-state index is 0.0547. The van der Waals surface area contributed by atoms with Crippen LogP contribution in [0.2, 0.25) is 0 Å². The molecule has 0 aliphatic heterocycles. The van der Waals surface area contributed by atoms with Crippen molar-refractivity contribution in [3.8, 4) is 11.6 Å². The summed E-state index contributed by atoms with van der Waals surface area (Å²) in [7, 11) is 1.77. The fourth-order valence-electron chi connectivity index (χ4n) is 1.44. The highest BCUT2D eigenvalue weighted by Gasteiger charge is 2.19. The van der Waals surface area contributed by atoms with E-state index in [1.807, 2.05) is 6.92 Å². The number of hydrogen-bond acceptors (Lipinski definition) is 8. The quantitative estimate of drug-likeness (QED) is 0.665. The molecule has 3 rings (SSSR count). The largest absolute Gasteiger partial charge is 0.461 e. The first kappa shape index (κ1) is 11.9. The Labute approximate surface area is 112 Å². The molecule has 0 saturated carbocycles. The van der Waals surface area contributed by atoms with Crippen LogP contribution >= 0.6 is 11.8 Å². The second-order valence-electron chi connectivity index (χ2n) is 3.78. The zero-order valence-electron chi connectivity index (χ0n) is 10.2. The molecule has 0 saturated heterocycles. The van der Waals surface area contributed by atoms with Gasteiger partial charge in [-0.05, 0) is 29.5 Å². The van der Waals surface area contributed by atoms with Crippen molar-refractivity contribution in [3.63, 3.8) is 0 Å². The van der Waals surface area contributed by atoms with E-state index < -0.39 is 0 Å². The summed E-state index contributed by atoms with van der Waals surface area (Å²) in [5.41, 5.74) is 0. The van der Waals surface area contributed by atoms with E-state index >= 15 is 0 Å². The van der Waals surface area contributed by atoms with Crippen molar-refractivity contribution in [3.05, 3.63) is 24.3 Å². The van der Waals surface area contributed by atoms with Gasteiger partial charge in [-0.15, -0.1) is 5.10 Å². The molecule has 1 unspecified atom stereocenters. The molecule has 0 aliphatic rings. The molecule has 0 bridgehead atoms. The van der Waals surface area contributed by atoms with Gasteiger partial charge in [0, 0.05) is 7.05 Å². The van der Waals surface area contributed by atoms with Crippen LogP contribution in [0.1, 0.15) is 18.1 Å². The van der Waals surface area contributed by atoms with Gasteiger partial charge >= 0.3 is 0 Å². The summed E-state index contributed by atoms with van der Waals surface area (Å²) in [6.07, 6.45) is 1.56. The molecule has 3 aromatic heterocycles. The molecule has 9 heteroatoms. The number of nitrogens with zero attached hydrogens (tertiary/aromatic N) is 6. The molecule has 98 valence electrons. The van der Waals surface area contributed by atoms with Crippen LogP contribution in [-0.2, 0) is 7.05 Å². The first-order valence-corrected chi connectivity index (χ1v) is 6.38. The summed E-state index contributed by atoms with van der Waals surface area (Å²) in [6, 6.07) is 3.55. The van der Waals surface area contributed by atoms with Crippen LogP contribution in [0.5, 0.6) is 0 Å².